The maximum Gasteiger partial charge on any atom is 0.573 e. The maximum absolute atomic E-state index is 12.7. The van der Waals surface area contributed by atoms with Crippen LogP contribution in [0.4, 0.5) is 13.2 Å². The molecule has 0 radical (unpaired) electrons. The number of likely N-dealkylation sites (N-methyl/N-ethyl adjacent to an activating group) is 1. The molecule has 2 aromatic carbocycles. The third-order valence-corrected chi connectivity index (χ3v) is 4.48. The summed E-state index contributed by atoms with van der Waals surface area (Å²) in [5.74, 6) is -0.279. The highest BCUT2D eigenvalue weighted by Crippen LogP contribution is 2.29. The van der Waals surface area contributed by atoms with E-state index in [1.54, 1.807) is 22.9 Å². The summed E-state index contributed by atoms with van der Waals surface area (Å²) in [6.07, 6.45) is -5.74. The first-order chi connectivity index (χ1) is 14.2. The van der Waals surface area contributed by atoms with E-state index >= 15 is 0 Å². The van der Waals surface area contributed by atoms with Crippen molar-refractivity contribution in [3.8, 4) is 5.75 Å². The molecule has 9 heteroatoms. The first kappa shape index (κ1) is 22.1. The number of alkyl halides is 3. The molecule has 162 valence electrons. The van der Waals surface area contributed by atoms with Crippen LogP contribution in [0.15, 0.2) is 48.5 Å². The minimum absolute atomic E-state index is 0.0565. The maximum atomic E-state index is 12.7. The third kappa shape index (κ3) is 5.71. The monoisotopic (exact) mass is 423 g/mol. The second kappa shape index (κ2) is 9.46. The SMILES string of the molecule is CN(C)CCOCC(O)c1nn(Cc2ccccc2OC(F)(F)F)c2ccccc12. The number of hydrogen-bond acceptors (Lipinski definition) is 5. The largest absolute Gasteiger partial charge is 0.573 e. The standard InChI is InChI=1S/C21H24F3N3O3/c1-26(2)11-12-29-14-18(28)20-16-8-4-5-9-17(16)27(25-20)13-15-7-3-6-10-19(15)30-21(22,23)24/h3-10,18,28H,11-14H2,1-2H3. The van der Waals surface area contributed by atoms with Crippen LogP contribution >= 0.6 is 0 Å². The third-order valence-electron chi connectivity index (χ3n) is 4.48. The molecule has 0 spiro atoms. The van der Waals surface area contributed by atoms with Gasteiger partial charge in [0.15, 0.2) is 0 Å². The Morgan fingerprint density at radius 3 is 2.53 bits per heavy atom. The second-order valence-electron chi connectivity index (χ2n) is 7.11. The van der Waals surface area contributed by atoms with E-state index in [-0.39, 0.29) is 18.9 Å². The molecule has 0 aliphatic carbocycles. The summed E-state index contributed by atoms with van der Waals surface area (Å²) in [5.41, 5.74) is 1.44. The molecule has 0 saturated carbocycles. The summed E-state index contributed by atoms with van der Waals surface area (Å²) in [5, 5.41) is 15.8. The summed E-state index contributed by atoms with van der Waals surface area (Å²) in [6.45, 7) is 1.31. The molecule has 0 saturated heterocycles. The molecule has 1 aromatic heterocycles. The van der Waals surface area contributed by atoms with E-state index in [4.69, 9.17) is 4.74 Å². The fourth-order valence-corrected chi connectivity index (χ4v) is 3.06. The lowest BCUT2D eigenvalue weighted by molar-refractivity contribution is -0.274. The Kier molecular flexibility index (Phi) is 6.96. The number of aromatic nitrogens is 2. The van der Waals surface area contributed by atoms with Gasteiger partial charge in [-0.05, 0) is 26.2 Å². The number of nitrogens with zero attached hydrogens (tertiary/aromatic N) is 3. The van der Waals surface area contributed by atoms with Crippen molar-refractivity contribution in [2.75, 3.05) is 33.9 Å². The molecule has 0 amide bonds. The molecule has 1 atom stereocenters. The predicted molar refractivity (Wildman–Crippen MR) is 106 cm³/mol. The fourth-order valence-electron chi connectivity index (χ4n) is 3.06. The van der Waals surface area contributed by atoms with Gasteiger partial charge in [0.1, 0.15) is 17.5 Å². The van der Waals surface area contributed by atoms with Crippen molar-refractivity contribution in [1.29, 1.82) is 0 Å². The number of halogens is 3. The minimum Gasteiger partial charge on any atom is -0.405 e. The zero-order valence-electron chi connectivity index (χ0n) is 16.8. The van der Waals surface area contributed by atoms with E-state index in [2.05, 4.69) is 9.84 Å². The van der Waals surface area contributed by atoms with Crippen molar-refractivity contribution in [2.24, 2.45) is 0 Å². The Balaban J connectivity index is 1.84. The van der Waals surface area contributed by atoms with Gasteiger partial charge < -0.3 is 19.5 Å². The van der Waals surface area contributed by atoms with E-state index < -0.39 is 12.5 Å². The average molecular weight is 423 g/mol. The van der Waals surface area contributed by atoms with E-state index in [1.165, 1.54) is 12.1 Å². The van der Waals surface area contributed by atoms with Gasteiger partial charge in [-0.3, -0.25) is 4.68 Å². The Bertz CT molecular complexity index is 973. The Hall–Kier alpha value is -2.62. The molecule has 3 aromatic rings. The first-order valence-electron chi connectivity index (χ1n) is 9.44. The summed E-state index contributed by atoms with van der Waals surface area (Å²) in [7, 11) is 3.85. The van der Waals surface area contributed by atoms with Gasteiger partial charge in [-0.15, -0.1) is 13.2 Å². The van der Waals surface area contributed by atoms with Gasteiger partial charge in [-0.1, -0.05) is 36.4 Å². The molecule has 0 aliphatic rings. The quantitative estimate of drug-likeness (QED) is 0.533. The van der Waals surface area contributed by atoms with Crippen LogP contribution in [0, 0.1) is 0 Å². The number of fused-ring (bicyclic) bond motifs is 1. The molecule has 3 rings (SSSR count). The molecule has 0 aliphatic heterocycles. The lowest BCUT2D eigenvalue weighted by Gasteiger charge is -2.13. The van der Waals surface area contributed by atoms with Crippen LogP contribution in [0.3, 0.4) is 0 Å². The topological polar surface area (TPSA) is 59.8 Å². The number of aliphatic hydroxyl groups excluding tert-OH is 1. The highest BCUT2D eigenvalue weighted by atomic mass is 19.4. The van der Waals surface area contributed by atoms with Gasteiger partial charge in [0.05, 0.1) is 25.3 Å². The summed E-state index contributed by atoms with van der Waals surface area (Å²) >= 11 is 0. The molecule has 30 heavy (non-hydrogen) atoms. The van der Waals surface area contributed by atoms with Crippen LogP contribution in [-0.4, -0.2) is 60.0 Å². The Morgan fingerprint density at radius 1 is 1.10 bits per heavy atom. The lowest BCUT2D eigenvalue weighted by Crippen LogP contribution is -2.20. The van der Waals surface area contributed by atoms with Gasteiger partial charge >= 0.3 is 6.36 Å². The van der Waals surface area contributed by atoms with Crippen molar-refractivity contribution in [3.63, 3.8) is 0 Å². The van der Waals surface area contributed by atoms with Crippen LogP contribution in [-0.2, 0) is 11.3 Å². The zero-order chi connectivity index (χ0) is 21.7. The minimum atomic E-state index is -4.78. The number of hydrogen-bond donors (Lipinski definition) is 1. The molecule has 1 N–H and O–H groups in total. The van der Waals surface area contributed by atoms with Gasteiger partial charge in [0.2, 0.25) is 0 Å². The lowest BCUT2D eigenvalue weighted by atomic mass is 10.1. The molecular formula is C21H24F3N3O3. The van der Waals surface area contributed by atoms with E-state index in [1.807, 2.05) is 37.2 Å². The molecule has 0 fully saturated rings. The Labute approximate surface area is 172 Å². The van der Waals surface area contributed by atoms with Crippen molar-refractivity contribution in [1.82, 2.24) is 14.7 Å². The zero-order valence-corrected chi connectivity index (χ0v) is 16.8. The summed E-state index contributed by atoms with van der Waals surface area (Å²) in [4.78, 5) is 1.97. The fraction of sp³-hybridized carbons (Fsp3) is 0.381. The highest BCUT2D eigenvalue weighted by molar-refractivity contribution is 5.82. The molecule has 0 bridgehead atoms. The highest BCUT2D eigenvalue weighted by Gasteiger charge is 2.32. The van der Waals surface area contributed by atoms with Crippen LogP contribution in [0.1, 0.15) is 17.4 Å². The number of benzene rings is 2. The smallest absolute Gasteiger partial charge is 0.405 e. The second-order valence-corrected chi connectivity index (χ2v) is 7.11. The molecule has 6 nitrogen and oxygen atoms in total. The van der Waals surface area contributed by atoms with Gasteiger partial charge in [0, 0.05) is 17.5 Å². The van der Waals surface area contributed by atoms with Crippen LogP contribution in [0.5, 0.6) is 5.75 Å². The number of aliphatic hydroxyl groups is 1. The normalized spacial score (nSPS) is 13.2. The van der Waals surface area contributed by atoms with Gasteiger partial charge in [0.25, 0.3) is 0 Å². The molecule has 1 heterocycles. The number of ether oxygens (including phenoxy) is 2. The van der Waals surface area contributed by atoms with Gasteiger partial charge in [-0.2, -0.15) is 5.10 Å². The number of para-hydroxylation sites is 2. The predicted octanol–water partition coefficient (Wildman–Crippen LogP) is 3.59. The van der Waals surface area contributed by atoms with Crippen LogP contribution < -0.4 is 4.74 Å². The van der Waals surface area contributed by atoms with E-state index in [0.29, 0.717) is 23.4 Å². The molecular weight excluding hydrogens is 399 g/mol. The molecule has 1 unspecified atom stereocenters. The van der Waals surface area contributed by atoms with Gasteiger partial charge in [-0.25, -0.2) is 0 Å². The van der Waals surface area contributed by atoms with Crippen molar-refractivity contribution in [2.45, 2.75) is 19.0 Å². The summed E-state index contributed by atoms with van der Waals surface area (Å²) in [6, 6.07) is 13.2. The first-order valence-corrected chi connectivity index (χ1v) is 9.44. The van der Waals surface area contributed by atoms with Crippen LogP contribution in [0.2, 0.25) is 0 Å². The van der Waals surface area contributed by atoms with Crippen LogP contribution in [0.25, 0.3) is 10.9 Å². The Morgan fingerprint density at radius 2 is 1.80 bits per heavy atom. The van der Waals surface area contributed by atoms with Crippen molar-refractivity contribution in [3.05, 3.63) is 59.8 Å². The van der Waals surface area contributed by atoms with Crippen molar-refractivity contribution < 1.29 is 27.8 Å². The van der Waals surface area contributed by atoms with Crippen molar-refractivity contribution >= 4 is 10.9 Å². The average Bonchev–Trinajstić information content (AvgIpc) is 3.04. The summed E-state index contributed by atoms with van der Waals surface area (Å²) < 4.78 is 49.4. The number of rotatable bonds is 9. The van der Waals surface area contributed by atoms with E-state index in [0.717, 1.165) is 11.9 Å². The van der Waals surface area contributed by atoms with E-state index in [9.17, 15) is 18.3 Å².